The van der Waals surface area contributed by atoms with E-state index in [4.69, 9.17) is 25.8 Å². The highest BCUT2D eigenvalue weighted by Crippen LogP contribution is 2.30. The van der Waals surface area contributed by atoms with Crippen LogP contribution < -0.4 is 19.7 Å². The van der Waals surface area contributed by atoms with E-state index in [0.29, 0.717) is 24.8 Å². The summed E-state index contributed by atoms with van der Waals surface area (Å²) in [6.07, 6.45) is 0. The molecule has 168 valence electrons. The van der Waals surface area contributed by atoms with E-state index in [9.17, 15) is 0 Å². The van der Waals surface area contributed by atoms with Gasteiger partial charge >= 0.3 is 0 Å². The molecule has 0 atom stereocenters. The highest BCUT2D eigenvalue weighted by Gasteiger charge is 2.11. The average Bonchev–Trinajstić information content (AvgIpc) is 2.83. The molecule has 1 fully saturated rings. The van der Waals surface area contributed by atoms with Crippen LogP contribution in [0.25, 0.3) is 0 Å². The molecule has 5 nitrogen and oxygen atoms in total. The maximum Gasteiger partial charge on any atom is 0.161 e. The standard InChI is InChI=1S/C26H29ClN2O3/c1-2-31-26-17-20(6-11-25(26)32-19-21-4-3-5-22(27)16-21)18-28-23-7-9-24(10-8-23)29-12-14-30-15-13-29/h3-11,16-17,28H,2,12-15,18-19H2,1H3. The maximum atomic E-state index is 6.07. The third-order valence-corrected chi connectivity index (χ3v) is 5.57. The largest absolute Gasteiger partial charge is 0.490 e. The van der Waals surface area contributed by atoms with Crippen molar-refractivity contribution in [3.05, 3.63) is 82.9 Å². The van der Waals surface area contributed by atoms with Crippen molar-refractivity contribution in [1.82, 2.24) is 0 Å². The van der Waals surface area contributed by atoms with Crippen LogP contribution in [0.4, 0.5) is 11.4 Å². The van der Waals surface area contributed by atoms with Crippen molar-refractivity contribution >= 4 is 23.0 Å². The van der Waals surface area contributed by atoms with Crippen LogP contribution in [0.3, 0.4) is 0 Å². The smallest absolute Gasteiger partial charge is 0.161 e. The molecule has 3 aromatic rings. The third-order valence-electron chi connectivity index (χ3n) is 5.33. The Labute approximate surface area is 194 Å². The Morgan fingerprint density at radius 3 is 2.47 bits per heavy atom. The Morgan fingerprint density at radius 1 is 0.906 bits per heavy atom. The molecule has 4 rings (SSSR count). The van der Waals surface area contributed by atoms with Gasteiger partial charge in [-0.3, -0.25) is 0 Å². The van der Waals surface area contributed by atoms with Crippen LogP contribution in [0.5, 0.6) is 11.5 Å². The van der Waals surface area contributed by atoms with Crippen LogP contribution in [0, 0.1) is 0 Å². The van der Waals surface area contributed by atoms with Gasteiger partial charge in [-0.1, -0.05) is 29.8 Å². The molecule has 6 heteroatoms. The molecule has 32 heavy (non-hydrogen) atoms. The second-order valence-corrected chi connectivity index (χ2v) is 8.07. The maximum absolute atomic E-state index is 6.07. The first-order valence-corrected chi connectivity index (χ1v) is 11.4. The van der Waals surface area contributed by atoms with Gasteiger partial charge < -0.3 is 24.4 Å². The molecule has 0 amide bonds. The van der Waals surface area contributed by atoms with E-state index in [1.54, 1.807) is 0 Å². The highest BCUT2D eigenvalue weighted by atomic mass is 35.5. The van der Waals surface area contributed by atoms with Crippen LogP contribution >= 0.6 is 11.6 Å². The first kappa shape index (κ1) is 22.3. The van der Waals surface area contributed by atoms with Gasteiger partial charge in [0, 0.05) is 36.0 Å². The number of halogens is 1. The lowest BCUT2D eigenvalue weighted by atomic mass is 10.2. The summed E-state index contributed by atoms with van der Waals surface area (Å²) >= 11 is 6.07. The van der Waals surface area contributed by atoms with Crippen LogP contribution in [0.15, 0.2) is 66.7 Å². The first-order chi connectivity index (χ1) is 15.7. The number of nitrogens with one attached hydrogen (secondary N) is 1. The molecule has 0 unspecified atom stereocenters. The summed E-state index contributed by atoms with van der Waals surface area (Å²) in [5.74, 6) is 1.47. The Kier molecular flexibility index (Phi) is 7.75. The number of anilines is 2. The predicted octanol–water partition coefficient (Wildman–Crippen LogP) is 5.77. The van der Waals surface area contributed by atoms with E-state index in [2.05, 4.69) is 40.5 Å². The number of morpholine rings is 1. The van der Waals surface area contributed by atoms with Gasteiger partial charge in [-0.15, -0.1) is 0 Å². The van der Waals surface area contributed by atoms with Crippen molar-refractivity contribution in [2.24, 2.45) is 0 Å². The van der Waals surface area contributed by atoms with Gasteiger partial charge in [0.15, 0.2) is 11.5 Å². The summed E-state index contributed by atoms with van der Waals surface area (Å²) in [5, 5.41) is 4.19. The second kappa shape index (κ2) is 11.1. The van der Waals surface area contributed by atoms with Crippen molar-refractivity contribution in [2.75, 3.05) is 43.1 Å². The summed E-state index contributed by atoms with van der Waals surface area (Å²) in [5.41, 5.74) is 4.46. The molecule has 1 saturated heterocycles. The number of benzene rings is 3. The van der Waals surface area contributed by atoms with Gasteiger partial charge in [-0.25, -0.2) is 0 Å². The predicted molar refractivity (Wildman–Crippen MR) is 130 cm³/mol. The van der Waals surface area contributed by atoms with E-state index >= 15 is 0 Å². The Bertz CT molecular complexity index is 1000. The minimum Gasteiger partial charge on any atom is -0.490 e. The molecular weight excluding hydrogens is 424 g/mol. The fraction of sp³-hybridized carbons (Fsp3) is 0.308. The van der Waals surface area contributed by atoms with Gasteiger partial charge in [0.1, 0.15) is 6.61 Å². The molecule has 0 bridgehead atoms. The molecule has 1 aliphatic heterocycles. The Balaban J connectivity index is 1.36. The second-order valence-electron chi connectivity index (χ2n) is 7.63. The topological polar surface area (TPSA) is 43.0 Å². The molecule has 1 aliphatic rings. The highest BCUT2D eigenvalue weighted by molar-refractivity contribution is 6.30. The zero-order valence-corrected chi connectivity index (χ0v) is 19.1. The van der Waals surface area contributed by atoms with Crippen molar-refractivity contribution < 1.29 is 14.2 Å². The van der Waals surface area contributed by atoms with Crippen LogP contribution in [0.1, 0.15) is 18.1 Å². The van der Waals surface area contributed by atoms with Gasteiger partial charge in [0.2, 0.25) is 0 Å². The quantitative estimate of drug-likeness (QED) is 0.446. The molecule has 0 aliphatic carbocycles. The number of rotatable bonds is 9. The third kappa shape index (κ3) is 6.09. The van der Waals surface area contributed by atoms with Crippen LogP contribution in [-0.4, -0.2) is 32.9 Å². The van der Waals surface area contributed by atoms with E-state index < -0.39 is 0 Å². The molecule has 0 radical (unpaired) electrons. The fourth-order valence-corrected chi connectivity index (χ4v) is 3.87. The number of hydrogen-bond acceptors (Lipinski definition) is 5. The summed E-state index contributed by atoms with van der Waals surface area (Å²) < 4.78 is 17.3. The SMILES string of the molecule is CCOc1cc(CNc2ccc(N3CCOCC3)cc2)ccc1OCc1cccc(Cl)c1. The molecule has 0 aromatic heterocycles. The lowest BCUT2D eigenvalue weighted by Gasteiger charge is -2.29. The van der Waals surface area contributed by atoms with Gasteiger partial charge in [-0.05, 0) is 66.6 Å². The minimum atomic E-state index is 0.438. The lowest BCUT2D eigenvalue weighted by molar-refractivity contribution is 0.122. The summed E-state index contributed by atoms with van der Waals surface area (Å²) in [6.45, 7) is 7.16. The minimum absolute atomic E-state index is 0.438. The van der Waals surface area contributed by atoms with Crippen LogP contribution in [-0.2, 0) is 17.9 Å². The van der Waals surface area contributed by atoms with E-state index in [0.717, 1.165) is 54.6 Å². The van der Waals surface area contributed by atoms with Crippen molar-refractivity contribution in [1.29, 1.82) is 0 Å². The van der Waals surface area contributed by atoms with E-state index in [1.807, 2.05) is 43.3 Å². The van der Waals surface area contributed by atoms with Gasteiger partial charge in [0.05, 0.1) is 19.8 Å². The summed E-state index contributed by atoms with van der Waals surface area (Å²) in [4.78, 5) is 2.35. The molecule has 3 aromatic carbocycles. The number of hydrogen-bond donors (Lipinski definition) is 1. The van der Waals surface area contributed by atoms with Gasteiger partial charge in [0.25, 0.3) is 0 Å². The number of ether oxygens (including phenoxy) is 3. The first-order valence-electron chi connectivity index (χ1n) is 11.0. The Hall–Kier alpha value is -2.89. The molecule has 0 spiro atoms. The zero-order valence-electron chi connectivity index (χ0n) is 18.4. The van der Waals surface area contributed by atoms with Gasteiger partial charge in [-0.2, -0.15) is 0 Å². The normalized spacial score (nSPS) is 13.6. The summed E-state index contributed by atoms with van der Waals surface area (Å²) in [7, 11) is 0. The van der Waals surface area contributed by atoms with Crippen molar-refractivity contribution in [3.8, 4) is 11.5 Å². The Morgan fingerprint density at radius 2 is 1.72 bits per heavy atom. The molecular formula is C26H29ClN2O3. The fourth-order valence-electron chi connectivity index (χ4n) is 3.65. The van der Waals surface area contributed by atoms with E-state index in [1.165, 1.54) is 5.69 Å². The average molecular weight is 453 g/mol. The lowest BCUT2D eigenvalue weighted by Crippen LogP contribution is -2.36. The zero-order chi connectivity index (χ0) is 22.2. The molecule has 1 heterocycles. The van der Waals surface area contributed by atoms with Crippen molar-refractivity contribution in [2.45, 2.75) is 20.1 Å². The summed E-state index contributed by atoms with van der Waals surface area (Å²) in [6, 6.07) is 22.3. The van der Waals surface area contributed by atoms with E-state index in [-0.39, 0.29) is 0 Å². The van der Waals surface area contributed by atoms with Crippen molar-refractivity contribution in [3.63, 3.8) is 0 Å². The van der Waals surface area contributed by atoms with Crippen LogP contribution in [0.2, 0.25) is 5.02 Å². The molecule has 1 N–H and O–H groups in total. The monoisotopic (exact) mass is 452 g/mol. The molecule has 0 saturated carbocycles. The number of nitrogens with zero attached hydrogens (tertiary/aromatic N) is 1.